The lowest BCUT2D eigenvalue weighted by molar-refractivity contribution is -0.385. The molecule has 0 fully saturated rings. The predicted octanol–water partition coefficient (Wildman–Crippen LogP) is 3.89. The Kier molecular flexibility index (Phi) is 5.61. The first-order valence-corrected chi connectivity index (χ1v) is 9.63. The van der Waals surface area contributed by atoms with Gasteiger partial charge in [0, 0.05) is 30.4 Å². The average Bonchev–Trinajstić information content (AvgIpc) is 3.22. The van der Waals surface area contributed by atoms with Crippen LogP contribution < -0.4 is 15.1 Å². The molecule has 0 radical (unpaired) electrons. The van der Waals surface area contributed by atoms with E-state index in [9.17, 15) is 14.9 Å². The molecule has 4 rings (SSSR count). The van der Waals surface area contributed by atoms with Crippen LogP contribution in [-0.4, -0.2) is 24.2 Å². The molecule has 8 nitrogen and oxygen atoms in total. The Labute approximate surface area is 178 Å². The van der Waals surface area contributed by atoms with E-state index in [0.29, 0.717) is 17.7 Å². The smallest absolute Gasteiger partial charge is 0.278 e. The zero-order chi connectivity index (χ0) is 21.8. The van der Waals surface area contributed by atoms with Crippen molar-refractivity contribution in [3.63, 3.8) is 0 Å². The first-order chi connectivity index (χ1) is 15.0. The number of hydrazone groups is 1. The summed E-state index contributed by atoms with van der Waals surface area (Å²) in [4.78, 5) is 25.3. The molecule has 0 atom stereocenters. The van der Waals surface area contributed by atoms with Crippen molar-refractivity contribution in [2.75, 3.05) is 12.0 Å². The molecule has 8 heteroatoms. The molecule has 1 heterocycles. The van der Waals surface area contributed by atoms with Crippen LogP contribution in [0.3, 0.4) is 0 Å². The van der Waals surface area contributed by atoms with Gasteiger partial charge in [0.2, 0.25) is 0 Å². The van der Waals surface area contributed by atoms with E-state index in [2.05, 4.69) is 15.4 Å². The Morgan fingerprint density at radius 1 is 1.10 bits per heavy atom. The molecule has 1 amide bonds. The molecule has 31 heavy (non-hydrogen) atoms. The number of nitro benzene ring substituents is 1. The van der Waals surface area contributed by atoms with Crippen molar-refractivity contribution in [3.8, 4) is 5.75 Å². The molecule has 0 saturated carbocycles. The number of ether oxygens (including phenoxy) is 1. The Morgan fingerprint density at radius 2 is 1.84 bits per heavy atom. The van der Waals surface area contributed by atoms with E-state index >= 15 is 0 Å². The van der Waals surface area contributed by atoms with Crippen LogP contribution in [0.5, 0.6) is 5.75 Å². The van der Waals surface area contributed by atoms with Gasteiger partial charge in [-0.15, -0.1) is 0 Å². The number of para-hydroxylation sites is 1. The van der Waals surface area contributed by atoms with Gasteiger partial charge in [0.1, 0.15) is 5.75 Å². The molecule has 0 unspecified atom stereocenters. The van der Waals surface area contributed by atoms with E-state index in [1.165, 1.54) is 12.3 Å². The van der Waals surface area contributed by atoms with Crippen molar-refractivity contribution in [2.24, 2.45) is 5.10 Å². The van der Waals surface area contributed by atoms with Gasteiger partial charge in [0.25, 0.3) is 11.6 Å². The summed E-state index contributed by atoms with van der Waals surface area (Å²) in [7, 11) is 1.64. The van der Waals surface area contributed by atoms with E-state index < -0.39 is 4.92 Å². The maximum Gasteiger partial charge on any atom is 0.278 e. The van der Waals surface area contributed by atoms with Crippen LogP contribution in [0.15, 0.2) is 71.8 Å². The average molecular weight is 416 g/mol. The van der Waals surface area contributed by atoms with Crippen LogP contribution in [0.2, 0.25) is 0 Å². The molecule has 0 saturated heterocycles. The SMILES string of the molecule is COc1ccc(N2Cc3ccc(C(=O)NN=Cc4ccccc4[N+](=O)[O-])cc3C2)cc1. The summed E-state index contributed by atoms with van der Waals surface area (Å²) in [6.45, 7) is 1.46. The number of methoxy groups -OCH3 is 1. The minimum atomic E-state index is -0.488. The van der Waals surface area contributed by atoms with Crippen LogP contribution in [0.4, 0.5) is 11.4 Å². The van der Waals surface area contributed by atoms with E-state index in [4.69, 9.17) is 4.74 Å². The molecular formula is C23H20N4O4. The fourth-order valence-electron chi connectivity index (χ4n) is 3.50. The molecule has 0 aromatic heterocycles. The quantitative estimate of drug-likeness (QED) is 0.374. The van der Waals surface area contributed by atoms with Crippen LogP contribution >= 0.6 is 0 Å². The van der Waals surface area contributed by atoms with Crippen molar-refractivity contribution < 1.29 is 14.5 Å². The number of anilines is 1. The van der Waals surface area contributed by atoms with E-state index in [-0.39, 0.29) is 11.6 Å². The van der Waals surface area contributed by atoms with Gasteiger partial charge in [0.05, 0.1) is 23.8 Å². The molecule has 156 valence electrons. The Bertz CT molecular complexity index is 1160. The van der Waals surface area contributed by atoms with Crippen LogP contribution in [-0.2, 0) is 13.1 Å². The van der Waals surface area contributed by atoms with Crippen molar-refractivity contribution in [2.45, 2.75) is 13.1 Å². The topological polar surface area (TPSA) is 97.1 Å². The van der Waals surface area contributed by atoms with Crippen LogP contribution in [0, 0.1) is 10.1 Å². The molecular weight excluding hydrogens is 396 g/mol. The second-order valence-electron chi connectivity index (χ2n) is 7.05. The summed E-state index contributed by atoms with van der Waals surface area (Å²) in [6, 6.07) is 19.6. The minimum Gasteiger partial charge on any atom is -0.497 e. The standard InChI is InChI=1S/C23H20N4O4/c1-31-21-10-8-20(9-11-21)26-14-18-7-6-16(12-19(18)15-26)23(28)25-24-13-17-4-2-3-5-22(17)27(29)30/h2-13H,14-15H2,1H3,(H,25,28). The maximum atomic E-state index is 12.5. The van der Waals surface area contributed by atoms with Gasteiger partial charge < -0.3 is 9.64 Å². The second-order valence-corrected chi connectivity index (χ2v) is 7.05. The fraction of sp³-hybridized carbons (Fsp3) is 0.130. The number of carbonyl (C=O) groups excluding carboxylic acids is 1. The summed E-state index contributed by atoms with van der Waals surface area (Å²) in [5.41, 5.74) is 6.48. The van der Waals surface area contributed by atoms with E-state index in [0.717, 1.165) is 29.1 Å². The summed E-state index contributed by atoms with van der Waals surface area (Å²) in [5.74, 6) is 0.432. The van der Waals surface area contributed by atoms with Crippen molar-refractivity contribution in [1.82, 2.24) is 5.43 Å². The highest BCUT2D eigenvalue weighted by atomic mass is 16.6. The highest BCUT2D eigenvalue weighted by molar-refractivity contribution is 5.95. The minimum absolute atomic E-state index is 0.0725. The van der Waals surface area contributed by atoms with Crippen LogP contribution in [0.25, 0.3) is 0 Å². The van der Waals surface area contributed by atoms with Crippen LogP contribution in [0.1, 0.15) is 27.0 Å². The lowest BCUT2D eigenvalue weighted by Crippen LogP contribution is -2.18. The highest BCUT2D eigenvalue weighted by Gasteiger charge is 2.21. The van der Waals surface area contributed by atoms with E-state index in [1.54, 1.807) is 31.4 Å². The first-order valence-electron chi connectivity index (χ1n) is 9.63. The molecule has 0 spiro atoms. The first kappa shape index (κ1) is 20.1. The lowest BCUT2D eigenvalue weighted by atomic mass is 10.1. The predicted molar refractivity (Wildman–Crippen MR) is 117 cm³/mol. The van der Waals surface area contributed by atoms with E-state index in [1.807, 2.05) is 36.4 Å². The number of nitro groups is 1. The number of hydrogen-bond donors (Lipinski definition) is 1. The van der Waals surface area contributed by atoms with Gasteiger partial charge in [-0.25, -0.2) is 5.43 Å². The molecule has 1 aliphatic heterocycles. The van der Waals surface area contributed by atoms with Gasteiger partial charge >= 0.3 is 0 Å². The Balaban J connectivity index is 1.43. The molecule has 3 aromatic carbocycles. The summed E-state index contributed by atoms with van der Waals surface area (Å²) in [5, 5.41) is 14.9. The van der Waals surface area contributed by atoms with Crippen molar-refractivity contribution in [1.29, 1.82) is 0 Å². The normalized spacial score (nSPS) is 12.6. The third-order valence-electron chi connectivity index (χ3n) is 5.13. The zero-order valence-corrected chi connectivity index (χ0v) is 16.8. The Morgan fingerprint density at radius 3 is 2.58 bits per heavy atom. The van der Waals surface area contributed by atoms with Gasteiger partial charge in [-0.1, -0.05) is 18.2 Å². The number of hydrogen-bond acceptors (Lipinski definition) is 6. The van der Waals surface area contributed by atoms with Crippen molar-refractivity contribution >= 4 is 23.5 Å². The van der Waals surface area contributed by atoms with Crippen molar-refractivity contribution in [3.05, 3.63) is 99.1 Å². The number of benzene rings is 3. The Hall–Kier alpha value is -4.20. The molecule has 1 aliphatic rings. The highest BCUT2D eigenvalue weighted by Crippen LogP contribution is 2.30. The number of nitrogens with zero attached hydrogens (tertiary/aromatic N) is 3. The summed E-state index contributed by atoms with van der Waals surface area (Å²) < 4.78 is 5.21. The summed E-state index contributed by atoms with van der Waals surface area (Å²) in [6.07, 6.45) is 1.27. The number of amides is 1. The number of nitrogens with one attached hydrogen (secondary N) is 1. The lowest BCUT2D eigenvalue weighted by Gasteiger charge is -2.17. The monoisotopic (exact) mass is 416 g/mol. The van der Waals surface area contributed by atoms with Gasteiger partial charge in [-0.05, 0) is 53.6 Å². The number of rotatable bonds is 6. The third kappa shape index (κ3) is 4.37. The van der Waals surface area contributed by atoms with Gasteiger partial charge in [-0.3, -0.25) is 14.9 Å². The summed E-state index contributed by atoms with van der Waals surface area (Å²) >= 11 is 0. The number of fused-ring (bicyclic) bond motifs is 1. The second kappa shape index (κ2) is 8.66. The largest absolute Gasteiger partial charge is 0.497 e. The van der Waals surface area contributed by atoms with Gasteiger partial charge in [-0.2, -0.15) is 5.10 Å². The number of carbonyl (C=O) groups is 1. The van der Waals surface area contributed by atoms with Gasteiger partial charge in [0.15, 0.2) is 0 Å². The molecule has 1 N–H and O–H groups in total. The fourth-order valence-corrected chi connectivity index (χ4v) is 3.50. The molecule has 0 aliphatic carbocycles. The zero-order valence-electron chi connectivity index (χ0n) is 16.8. The third-order valence-corrected chi connectivity index (χ3v) is 5.13. The molecule has 3 aromatic rings. The maximum absolute atomic E-state index is 12.5. The molecule has 0 bridgehead atoms.